The molecule has 0 radical (unpaired) electrons. The summed E-state index contributed by atoms with van der Waals surface area (Å²) in [5.41, 5.74) is -1.60. The molecule has 3 nitrogen and oxygen atoms in total. The quantitative estimate of drug-likeness (QED) is 0.398. The van der Waals surface area contributed by atoms with Crippen molar-refractivity contribution in [3.05, 3.63) is 5.21 Å². The fourth-order valence-electron chi connectivity index (χ4n) is 3.81. The summed E-state index contributed by atoms with van der Waals surface area (Å²) >= 11 is 0. The molecule has 0 spiro atoms. The Hall–Kier alpha value is -0.560. The van der Waals surface area contributed by atoms with Gasteiger partial charge in [-0.2, -0.15) is 0 Å². The summed E-state index contributed by atoms with van der Waals surface area (Å²) in [4.78, 5) is 0. The van der Waals surface area contributed by atoms with Crippen LogP contribution in [0.1, 0.15) is 46.0 Å². The molecule has 96 valence electrons. The molecule has 0 aromatic rings. The number of hydrogen-bond donors (Lipinski definition) is 1. The molecule has 0 bridgehead atoms. The van der Waals surface area contributed by atoms with Crippen LogP contribution in [-0.4, -0.2) is 34.0 Å². The Labute approximate surface area is 104 Å². The molecule has 1 saturated carbocycles. The third-order valence-corrected chi connectivity index (χ3v) is 5.13. The minimum atomic E-state index is -1.09. The molecule has 4 unspecified atom stereocenters. The second-order valence-corrected chi connectivity index (χ2v) is 6.51. The van der Waals surface area contributed by atoms with Crippen LogP contribution in [0.15, 0.2) is 0 Å². The van der Waals surface area contributed by atoms with Crippen molar-refractivity contribution >= 4 is 0 Å². The highest BCUT2D eigenvalue weighted by Crippen LogP contribution is 2.50. The van der Waals surface area contributed by atoms with Crippen LogP contribution in [0.25, 0.3) is 0 Å². The molecule has 1 aliphatic heterocycles. The highest BCUT2D eigenvalue weighted by molar-refractivity contribution is 5.17. The molecule has 2 aliphatic rings. The van der Waals surface area contributed by atoms with E-state index in [-0.39, 0.29) is 16.6 Å². The van der Waals surface area contributed by atoms with Gasteiger partial charge in [0.2, 0.25) is 0 Å². The number of terminal acetylenes is 1. The predicted octanol–water partition coefficient (Wildman–Crippen LogP) is 2.04. The van der Waals surface area contributed by atoms with E-state index in [1.807, 2.05) is 13.8 Å². The summed E-state index contributed by atoms with van der Waals surface area (Å²) in [6.45, 7) is 3.85. The normalized spacial score (nSPS) is 49.2. The lowest BCUT2D eigenvalue weighted by Gasteiger charge is -2.65. The Balaban J connectivity index is 2.44. The summed E-state index contributed by atoms with van der Waals surface area (Å²) in [5, 5.41) is 23.6. The van der Waals surface area contributed by atoms with Gasteiger partial charge in [0.15, 0.2) is 0 Å². The van der Waals surface area contributed by atoms with E-state index in [4.69, 9.17) is 6.42 Å². The van der Waals surface area contributed by atoms with Gasteiger partial charge >= 0.3 is 0 Å². The Morgan fingerprint density at radius 2 is 1.94 bits per heavy atom. The van der Waals surface area contributed by atoms with Gasteiger partial charge in [-0.05, 0) is 26.7 Å². The summed E-state index contributed by atoms with van der Waals surface area (Å²) < 4.78 is -0.262. The maximum Gasteiger partial charge on any atom is 0.139 e. The number of piperidine rings is 1. The minimum absolute atomic E-state index is 0.0308. The highest BCUT2D eigenvalue weighted by atomic mass is 16.6. The number of fused-ring (bicyclic) bond motifs is 1. The summed E-state index contributed by atoms with van der Waals surface area (Å²) in [7, 11) is 1.75. The van der Waals surface area contributed by atoms with Crippen LogP contribution in [0.3, 0.4) is 0 Å². The van der Waals surface area contributed by atoms with E-state index in [2.05, 4.69) is 5.92 Å². The number of rotatable bonds is 0. The lowest BCUT2D eigenvalue weighted by Crippen LogP contribution is -2.72. The van der Waals surface area contributed by atoms with Crippen LogP contribution >= 0.6 is 0 Å². The zero-order valence-corrected chi connectivity index (χ0v) is 11.1. The molecule has 1 N–H and O–H groups in total. The van der Waals surface area contributed by atoms with Crippen LogP contribution in [0.2, 0.25) is 0 Å². The molecule has 4 atom stereocenters. The van der Waals surface area contributed by atoms with Gasteiger partial charge < -0.3 is 15.0 Å². The van der Waals surface area contributed by atoms with Crippen molar-refractivity contribution in [2.75, 3.05) is 7.05 Å². The zero-order valence-electron chi connectivity index (χ0n) is 11.1. The van der Waals surface area contributed by atoms with Crippen LogP contribution in [0.5, 0.6) is 0 Å². The molecule has 0 amide bonds. The smallest absolute Gasteiger partial charge is 0.139 e. The van der Waals surface area contributed by atoms with Crippen LogP contribution in [0.4, 0.5) is 0 Å². The minimum Gasteiger partial charge on any atom is -0.632 e. The average molecular weight is 237 g/mol. The van der Waals surface area contributed by atoms with Crippen molar-refractivity contribution in [3.63, 3.8) is 0 Å². The Morgan fingerprint density at radius 3 is 2.53 bits per heavy atom. The number of nitrogens with zero attached hydrogens (tertiary/aromatic N) is 1. The number of hydrogen-bond acceptors (Lipinski definition) is 2. The first-order chi connectivity index (χ1) is 7.74. The lowest BCUT2D eigenvalue weighted by atomic mass is 9.64. The monoisotopic (exact) mass is 237 g/mol. The second kappa shape index (κ2) is 3.71. The van der Waals surface area contributed by atoms with Gasteiger partial charge in [-0.25, -0.2) is 0 Å². The van der Waals surface area contributed by atoms with E-state index in [0.29, 0.717) is 6.42 Å². The van der Waals surface area contributed by atoms with Gasteiger partial charge in [-0.1, -0.05) is 12.3 Å². The van der Waals surface area contributed by atoms with E-state index in [1.54, 1.807) is 7.05 Å². The maximum atomic E-state index is 12.9. The predicted molar refractivity (Wildman–Crippen MR) is 67.8 cm³/mol. The van der Waals surface area contributed by atoms with Crippen LogP contribution in [0, 0.1) is 23.5 Å². The number of quaternary nitrogens is 1. The van der Waals surface area contributed by atoms with Gasteiger partial charge in [-0.3, -0.25) is 0 Å². The van der Waals surface area contributed by atoms with Crippen molar-refractivity contribution in [1.82, 2.24) is 0 Å². The van der Waals surface area contributed by atoms with Gasteiger partial charge in [0.25, 0.3) is 0 Å². The van der Waals surface area contributed by atoms with Gasteiger partial charge in [0.1, 0.15) is 5.60 Å². The van der Waals surface area contributed by atoms with E-state index in [1.165, 1.54) is 0 Å². The number of hydroxylamine groups is 3. The van der Waals surface area contributed by atoms with E-state index < -0.39 is 11.1 Å². The van der Waals surface area contributed by atoms with Crippen molar-refractivity contribution in [3.8, 4) is 12.3 Å². The summed E-state index contributed by atoms with van der Waals surface area (Å²) in [5.74, 6) is 2.55. The van der Waals surface area contributed by atoms with E-state index in [9.17, 15) is 10.3 Å². The highest BCUT2D eigenvalue weighted by Gasteiger charge is 2.58. The van der Waals surface area contributed by atoms with Crippen LogP contribution < -0.4 is 0 Å². The standard InChI is InChI=1S/C14H23NO2/c1-5-14(16)10-13(2,3)15(4,17)12-9-7-6-8-11(12)14/h1,11-12,16H,6-10H2,2-4H3. The third kappa shape index (κ3) is 1.71. The van der Waals surface area contributed by atoms with Crippen molar-refractivity contribution in [2.24, 2.45) is 5.92 Å². The van der Waals surface area contributed by atoms with Gasteiger partial charge in [0.05, 0.1) is 24.5 Å². The third-order valence-electron chi connectivity index (χ3n) is 5.13. The van der Waals surface area contributed by atoms with E-state index >= 15 is 0 Å². The van der Waals surface area contributed by atoms with Crippen molar-refractivity contribution < 1.29 is 9.75 Å². The zero-order chi connectivity index (χ0) is 12.9. The maximum absolute atomic E-state index is 12.9. The first-order valence-corrected chi connectivity index (χ1v) is 6.52. The summed E-state index contributed by atoms with van der Waals surface area (Å²) in [6.07, 6.45) is 9.87. The van der Waals surface area contributed by atoms with Crippen molar-refractivity contribution in [1.29, 1.82) is 0 Å². The van der Waals surface area contributed by atoms with E-state index in [0.717, 1.165) is 25.7 Å². The fourth-order valence-corrected chi connectivity index (χ4v) is 3.81. The molecule has 0 aromatic heterocycles. The molecular weight excluding hydrogens is 214 g/mol. The first kappa shape index (κ1) is 12.9. The molecule has 1 saturated heterocycles. The Bertz CT molecular complexity index is 356. The molecule has 2 rings (SSSR count). The molecule has 3 heteroatoms. The topological polar surface area (TPSA) is 43.3 Å². The lowest BCUT2D eigenvalue weighted by molar-refractivity contribution is -0.947. The molecule has 2 fully saturated rings. The average Bonchev–Trinajstić information content (AvgIpc) is 2.27. The van der Waals surface area contributed by atoms with Crippen LogP contribution in [-0.2, 0) is 0 Å². The Morgan fingerprint density at radius 1 is 1.35 bits per heavy atom. The molecule has 0 aromatic carbocycles. The summed E-state index contributed by atoms with van der Waals surface area (Å²) in [6, 6.07) is -0.0476. The molecule has 17 heavy (non-hydrogen) atoms. The number of likely N-dealkylation sites (tertiary alicyclic amines) is 1. The Kier molecular flexibility index (Phi) is 2.82. The van der Waals surface area contributed by atoms with Gasteiger partial charge in [0, 0.05) is 12.8 Å². The molecular formula is C14H23NO2. The fraction of sp³-hybridized carbons (Fsp3) is 0.857. The second-order valence-electron chi connectivity index (χ2n) is 6.51. The first-order valence-electron chi connectivity index (χ1n) is 6.52. The molecule has 1 heterocycles. The SMILES string of the molecule is C#CC1(O)CC(C)(C)[N+](C)([O-])C2CCCCC21. The molecule has 1 aliphatic carbocycles. The van der Waals surface area contributed by atoms with Crippen molar-refractivity contribution in [2.45, 2.75) is 63.1 Å². The largest absolute Gasteiger partial charge is 0.632 e. The van der Waals surface area contributed by atoms with Gasteiger partial charge in [-0.15, -0.1) is 6.42 Å². The number of aliphatic hydroxyl groups is 1.